The van der Waals surface area contributed by atoms with Gasteiger partial charge in [-0.3, -0.25) is 0 Å². The zero-order chi connectivity index (χ0) is 11.1. The summed E-state index contributed by atoms with van der Waals surface area (Å²) in [6.45, 7) is 1.97. The predicted octanol–water partition coefficient (Wildman–Crippen LogP) is 1.01. The molecule has 1 atom stereocenters. The highest BCUT2D eigenvalue weighted by atomic mass is 32.2. The average Bonchev–Trinajstić information content (AvgIpc) is 2.36. The van der Waals surface area contributed by atoms with E-state index in [9.17, 15) is 0 Å². The second kappa shape index (κ2) is 3.80. The number of fused-ring (bicyclic) bond motifs is 1. The van der Waals surface area contributed by atoms with Crippen LogP contribution < -0.4 is 10.5 Å². The van der Waals surface area contributed by atoms with Crippen molar-refractivity contribution in [1.29, 1.82) is 0 Å². The first-order chi connectivity index (χ1) is 6.96. The maximum absolute atomic E-state index is 5.73. The lowest BCUT2D eigenvalue weighted by atomic mass is 9.80. The molecule has 5 heteroatoms. The largest absolute Gasteiger partial charge is 0.496 e. The number of rotatable bonds is 2. The molecule has 0 amide bonds. The van der Waals surface area contributed by atoms with Gasteiger partial charge < -0.3 is 10.5 Å². The molecule has 0 aromatic heterocycles. The Bertz CT molecular complexity index is 382. The van der Waals surface area contributed by atoms with Crippen molar-refractivity contribution >= 4 is 27.5 Å². The maximum Gasteiger partial charge on any atom is 0.132 e. The van der Waals surface area contributed by atoms with Crippen LogP contribution in [0.4, 0.5) is 0 Å². The molecule has 1 aliphatic rings. The van der Waals surface area contributed by atoms with Crippen LogP contribution in [0.5, 0.6) is 5.75 Å². The summed E-state index contributed by atoms with van der Waals surface area (Å²) in [5.41, 5.74) is 6.87. The van der Waals surface area contributed by atoms with Crippen molar-refractivity contribution in [2.75, 3.05) is 0 Å². The Morgan fingerprint density at radius 3 is 2.93 bits per heavy atom. The summed E-state index contributed by atoms with van der Waals surface area (Å²) in [5.74, 6) is 0.753. The van der Waals surface area contributed by atoms with Crippen LogP contribution in [0.15, 0.2) is 23.1 Å². The summed E-state index contributed by atoms with van der Waals surface area (Å²) in [7, 11) is 11.3. The Hall–Kier alpha value is -0.540. The van der Waals surface area contributed by atoms with Gasteiger partial charge in [-0.25, -0.2) is 0 Å². The molecule has 1 aliphatic heterocycles. The summed E-state index contributed by atoms with van der Waals surface area (Å²) in [6.07, 6.45) is 0.823. The summed E-state index contributed by atoms with van der Waals surface area (Å²) in [6, 6.07) is 6.09. The molecule has 15 heavy (non-hydrogen) atoms. The van der Waals surface area contributed by atoms with Crippen LogP contribution in [-0.4, -0.2) is 26.5 Å². The van der Waals surface area contributed by atoms with Crippen LogP contribution in [0, 0.1) is 0 Å². The monoisotopic (exact) mass is 215 g/mol. The number of nitrogens with two attached hydrogens (primary N) is 1. The van der Waals surface area contributed by atoms with E-state index in [4.69, 9.17) is 26.2 Å². The fraction of sp³-hybridized carbons (Fsp3) is 0.400. The second-order valence-corrected chi connectivity index (χ2v) is 5.17. The Labute approximate surface area is 96.8 Å². The molecule has 1 aromatic rings. The van der Waals surface area contributed by atoms with E-state index in [1.54, 1.807) is 0 Å². The predicted molar refractivity (Wildman–Crippen MR) is 64.5 cm³/mol. The highest BCUT2D eigenvalue weighted by Crippen LogP contribution is 2.44. The van der Waals surface area contributed by atoms with E-state index in [0.717, 1.165) is 22.6 Å². The molecular formula is C10H11B2NOS. The minimum absolute atomic E-state index is 0.137. The Morgan fingerprint density at radius 1 is 1.53 bits per heavy atom. The van der Waals surface area contributed by atoms with Gasteiger partial charge in [0.2, 0.25) is 0 Å². The fourth-order valence-corrected chi connectivity index (χ4v) is 2.39. The SMILES string of the molecule is [B]C1([B])Oc2cc(CC(C)N)ccc2S1. The Morgan fingerprint density at radius 2 is 2.27 bits per heavy atom. The van der Waals surface area contributed by atoms with Gasteiger partial charge in [0, 0.05) is 6.04 Å². The molecule has 0 bridgehead atoms. The van der Waals surface area contributed by atoms with Gasteiger partial charge in [0.15, 0.2) is 0 Å². The van der Waals surface area contributed by atoms with E-state index in [-0.39, 0.29) is 6.04 Å². The van der Waals surface area contributed by atoms with Gasteiger partial charge in [-0.1, -0.05) is 17.8 Å². The van der Waals surface area contributed by atoms with E-state index in [1.807, 2.05) is 25.1 Å². The average molecular weight is 215 g/mol. The lowest BCUT2D eigenvalue weighted by Crippen LogP contribution is -2.29. The van der Waals surface area contributed by atoms with Crippen LogP contribution >= 0.6 is 11.8 Å². The van der Waals surface area contributed by atoms with Crippen molar-refractivity contribution < 1.29 is 4.74 Å². The maximum atomic E-state index is 5.73. The first kappa shape index (κ1) is 11.0. The van der Waals surface area contributed by atoms with E-state index >= 15 is 0 Å². The normalized spacial score (nSPS) is 19.3. The third-order valence-electron chi connectivity index (χ3n) is 2.10. The molecule has 0 fully saturated rings. The molecule has 1 aromatic carbocycles. The van der Waals surface area contributed by atoms with Gasteiger partial charge in [0.05, 0.1) is 9.63 Å². The lowest BCUT2D eigenvalue weighted by molar-refractivity contribution is 0.331. The molecule has 2 nitrogen and oxygen atoms in total. The lowest BCUT2D eigenvalue weighted by Gasteiger charge is -2.17. The van der Waals surface area contributed by atoms with Gasteiger partial charge in [-0.2, -0.15) is 0 Å². The first-order valence-electron chi connectivity index (χ1n) is 4.80. The fourth-order valence-electron chi connectivity index (χ4n) is 1.58. The van der Waals surface area contributed by atoms with Crippen molar-refractivity contribution in [1.82, 2.24) is 0 Å². The van der Waals surface area contributed by atoms with Crippen molar-refractivity contribution in [2.45, 2.75) is 29.0 Å². The summed E-state index contributed by atoms with van der Waals surface area (Å²) in [5, 5.41) is 0. The number of thioether (sulfide) groups is 1. The smallest absolute Gasteiger partial charge is 0.132 e. The van der Waals surface area contributed by atoms with Crippen molar-refractivity contribution in [2.24, 2.45) is 5.73 Å². The van der Waals surface area contributed by atoms with E-state index in [1.165, 1.54) is 11.8 Å². The minimum Gasteiger partial charge on any atom is -0.496 e. The molecule has 0 aliphatic carbocycles. The molecule has 1 unspecified atom stereocenters. The molecule has 74 valence electrons. The van der Waals surface area contributed by atoms with E-state index in [2.05, 4.69) is 0 Å². The van der Waals surface area contributed by atoms with Crippen molar-refractivity contribution in [3.05, 3.63) is 23.8 Å². The second-order valence-electron chi connectivity index (χ2n) is 3.89. The molecule has 2 N–H and O–H groups in total. The highest BCUT2D eigenvalue weighted by molar-refractivity contribution is 8.03. The minimum atomic E-state index is -1.13. The van der Waals surface area contributed by atoms with Gasteiger partial charge in [0.25, 0.3) is 0 Å². The number of benzene rings is 1. The number of hydrogen-bond acceptors (Lipinski definition) is 3. The highest BCUT2D eigenvalue weighted by Gasteiger charge is 2.29. The molecule has 2 rings (SSSR count). The van der Waals surface area contributed by atoms with Crippen molar-refractivity contribution in [3.8, 4) is 5.75 Å². The molecule has 1 heterocycles. The van der Waals surface area contributed by atoms with Gasteiger partial charge in [-0.05, 0) is 31.0 Å². The van der Waals surface area contributed by atoms with Crippen LogP contribution in [0.25, 0.3) is 0 Å². The van der Waals surface area contributed by atoms with E-state index < -0.39 is 4.73 Å². The van der Waals surface area contributed by atoms with Crippen LogP contribution in [0.2, 0.25) is 0 Å². The molecule has 4 radical (unpaired) electrons. The van der Waals surface area contributed by atoms with Gasteiger partial charge >= 0.3 is 0 Å². The topological polar surface area (TPSA) is 35.2 Å². The molecular weight excluding hydrogens is 204 g/mol. The standard InChI is InChI=1S/C10H11B2NOS/c1-6(13)4-7-2-3-9-8(5-7)14-10(11,12)15-9/h2-3,5-6H,4,13H2,1H3. The zero-order valence-corrected chi connectivity index (χ0v) is 9.38. The summed E-state index contributed by atoms with van der Waals surface area (Å²) < 4.78 is 4.26. The third-order valence-corrected chi connectivity index (χ3v) is 3.06. The first-order valence-corrected chi connectivity index (χ1v) is 5.62. The molecule has 0 saturated heterocycles. The number of hydrogen-bond donors (Lipinski definition) is 1. The molecule has 0 saturated carbocycles. The summed E-state index contributed by atoms with van der Waals surface area (Å²) >= 11 is 1.32. The third kappa shape index (κ3) is 2.52. The van der Waals surface area contributed by atoms with E-state index in [0.29, 0.717) is 0 Å². The van der Waals surface area contributed by atoms with Crippen molar-refractivity contribution in [3.63, 3.8) is 0 Å². The Balaban J connectivity index is 2.23. The molecule has 0 spiro atoms. The van der Waals surface area contributed by atoms with Gasteiger partial charge in [-0.15, -0.1) is 0 Å². The van der Waals surface area contributed by atoms with Crippen LogP contribution in [-0.2, 0) is 6.42 Å². The zero-order valence-electron chi connectivity index (χ0n) is 8.57. The number of ether oxygens (including phenoxy) is 1. The van der Waals surface area contributed by atoms with Crippen LogP contribution in [0.3, 0.4) is 0 Å². The van der Waals surface area contributed by atoms with Gasteiger partial charge in [0.1, 0.15) is 21.4 Å². The Kier molecular flexibility index (Phi) is 2.77. The quantitative estimate of drug-likeness (QED) is 0.747. The summed E-state index contributed by atoms with van der Waals surface area (Å²) in [4.78, 5) is 0.980. The van der Waals surface area contributed by atoms with Crippen LogP contribution in [0.1, 0.15) is 12.5 Å².